The SMILES string of the molecule is CCCN=C(NN)c1ccc(Br)cn1. The first kappa shape index (κ1) is 11.1. The Morgan fingerprint density at radius 3 is 2.93 bits per heavy atom. The first-order chi connectivity index (χ1) is 6.77. The van der Waals surface area contributed by atoms with Crippen LogP contribution in [0.25, 0.3) is 0 Å². The van der Waals surface area contributed by atoms with E-state index in [1.807, 2.05) is 12.1 Å². The predicted octanol–water partition coefficient (Wildman–Crippen LogP) is 1.46. The number of halogens is 1. The Bertz CT molecular complexity index is 307. The summed E-state index contributed by atoms with van der Waals surface area (Å²) in [6, 6.07) is 3.76. The summed E-state index contributed by atoms with van der Waals surface area (Å²) in [5.41, 5.74) is 3.30. The van der Waals surface area contributed by atoms with E-state index in [0.717, 1.165) is 23.1 Å². The second kappa shape index (κ2) is 5.72. The number of rotatable bonds is 3. The molecule has 1 aromatic rings. The summed E-state index contributed by atoms with van der Waals surface area (Å²) in [7, 11) is 0. The minimum absolute atomic E-state index is 0.624. The fourth-order valence-corrected chi connectivity index (χ4v) is 1.17. The maximum absolute atomic E-state index is 5.35. The number of amidine groups is 1. The van der Waals surface area contributed by atoms with Crippen molar-refractivity contribution < 1.29 is 0 Å². The molecule has 0 radical (unpaired) electrons. The standard InChI is InChI=1S/C9H13BrN4/c1-2-5-12-9(14-11)8-4-3-7(10)6-13-8/h3-4,6H,2,5,11H2,1H3,(H,12,14). The summed E-state index contributed by atoms with van der Waals surface area (Å²) in [5.74, 6) is 5.98. The van der Waals surface area contributed by atoms with Crippen LogP contribution in [0.2, 0.25) is 0 Å². The fourth-order valence-electron chi connectivity index (χ4n) is 0.940. The first-order valence-electron chi connectivity index (χ1n) is 4.41. The topological polar surface area (TPSA) is 63.3 Å². The summed E-state index contributed by atoms with van der Waals surface area (Å²) < 4.78 is 0.938. The molecule has 0 aliphatic heterocycles. The molecule has 0 amide bonds. The predicted molar refractivity (Wildman–Crippen MR) is 61.0 cm³/mol. The van der Waals surface area contributed by atoms with Gasteiger partial charge in [0.2, 0.25) is 0 Å². The van der Waals surface area contributed by atoms with Crippen LogP contribution in [0, 0.1) is 0 Å². The summed E-state index contributed by atoms with van der Waals surface area (Å²) in [6.45, 7) is 2.81. The van der Waals surface area contributed by atoms with Crippen molar-refractivity contribution in [2.45, 2.75) is 13.3 Å². The molecule has 0 aliphatic carbocycles. The van der Waals surface area contributed by atoms with Crippen molar-refractivity contribution in [2.75, 3.05) is 6.54 Å². The monoisotopic (exact) mass is 256 g/mol. The second-order valence-corrected chi connectivity index (χ2v) is 3.65. The quantitative estimate of drug-likeness (QED) is 0.373. The van der Waals surface area contributed by atoms with E-state index >= 15 is 0 Å². The average Bonchev–Trinajstić information content (AvgIpc) is 2.21. The van der Waals surface area contributed by atoms with Gasteiger partial charge in [-0.05, 0) is 34.5 Å². The molecule has 76 valence electrons. The number of aromatic nitrogens is 1. The number of nitrogens with zero attached hydrogens (tertiary/aromatic N) is 2. The lowest BCUT2D eigenvalue weighted by atomic mass is 10.3. The molecular formula is C9H13BrN4. The van der Waals surface area contributed by atoms with Crippen LogP contribution in [0.5, 0.6) is 0 Å². The molecule has 5 heteroatoms. The van der Waals surface area contributed by atoms with Crippen LogP contribution in [0.15, 0.2) is 27.8 Å². The maximum atomic E-state index is 5.35. The maximum Gasteiger partial charge on any atom is 0.161 e. The van der Waals surface area contributed by atoms with Crippen molar-refractivity contribution >= 4 is 21.8 Å². The van der Waals surface area contributed by atoms with Crippen molar-refractivity contribution in [3.8, 4) is 0 Å². The molecule has 0 bridgehead atoms. The molecule has 0 atom stereocenters. The van der Waals surface area contributed by atoms with Crippen LogP contribution in [-0.4, -0.2) is 17.4 Å². The third-order valence-electron chi connectivity index (χ3n) is 1.60. The zero-order valence-electron chi connectivity index (χ0n) is 8.00. The molecule has 0 aliphatic rings. The lowest BCUT2D eigenvalue weighted by molar-refractivity contribution is 0.904. The third-order valence-corrected chi connectivity index (χ3v) is 2.07. The van der Waals surface area contributed by atoms with Crippen molar-refractivity contribution in [3.05, 3.63) is 28.5 Å². The van der Waals surface area contributed by atoms with Gasteiger partial charge in [-0.15, -0.1) is 0 Å². The molecule has 14 heavy (non-hydrogen) atoms. The Morgan fingerprint density at radius 1 is 1.64 bits per heavy atom. The van der Waals surface area contributed by atoms with Gasteiger partial charge in [-0.1, -0.05) is 6.92 Å². The molecule has 1 rings (SSSR count). The molecule has 4 nitrogen and oxygen atoms in total. The lowest BCUT2D eigenvalue weighted by Crippen LogP contribution is -2.32. The number of hydrazine groups is 1. The van der Waals surface area contributed by atoms with Crippen molar-refractivity contribution in [1.82, 2.24) is 10.4 Å². The van der Waals surface area contributed by atoms with Crippen LogP contribution in [-0.2, 0) is 0 Å². The summed E-state index contributed by atoms with van der Waals surface area (Å²) in [5, 5.41) is 0. The number of hydrogen-bond acceptors (Lipinski definition) is 3. The Kier molecular flexibility index (Phi) is 4.55. The highest BCUT2D eigenvalue weighted by Gasteiger charge is 2.01. The zero-order chi connectivity index (χ0) is 10.4. The van der Waals surface area contributed by atoms with E-state index in [4.69, 9.17) is 5.84 Å². The third kappa shape index (κ3) is 3.08. The molecule has 0 spiro atoms. The van der Waals surface area contributed by atoms with E-state index in [1.165, 1.54) is 0 Å². The van der Waals surface area contributed by atoms with Gasteiger partial charge in [0.15, 0.2) is 5.84 Å². The van der Waals surface area contributed by atoms with Gasteiger partial charge >= 0.3 is 0 Å². The molecule has 0 aromatic carbocycles. The van der Waals surface area contributed by atoms with Gasteiger partial charge in [0.25, 0.3) is 0 Å². The molecule has 0 saturated heterocycles. The van der Waals surface area contributed by atoms with E-state index in [1.54, 1.807) is 6.20 Å². The Morgan fingerprint density at radius 2 is 2.43 bits per heavy atom. The number of nitrogens with one attached hydrogen (secondary N) is 1. The highest BCUT2D eigenvalue weighted by molar-refractivity contribution is 9.10. The number of pyridine rings is 1. The largest absolute Gasteiger partial charge is 0.307 e. The van der Waals surface area contributed by atoms with E-state index in [0.29, 0.717) is 5.84 Å². The lowest BCUT2D eigenvalue weighted by Gasteiger charge is -2.04. The molecule has 0 unspecified atom stereocenters. The molecule has 3 N–H and O–H groups in total. The van der Waals surface area contributed by atoms with Gasteiger partial charge in [-0.2, -0.15) is 0 Å². The second-order valence-electron chi connectivity index (χ2n) is 2.74. The molecular weight excluding hydrogens is 244 g/mol. The van der Waals surface area contributed by atoms with E-state index < -0.39 is 0 Å². The van der Waals surface area contributed by atoms with Crippen LogP contribution < -0.4 is 11.3 Å². The van der Waals surface area contributed by atoms with Gasteiger partial charge in [0.05, 0.1) is 0 Å². The smallest absolute Gasteiger partial charge is 0.161 e. The molecule has 1 aromatic heterocycles. The summed E-state index contributed by atoms with van der Waals surface area (Å²) in [4.78, 5) is 8.45. The molecule has 0 fully saturated rings. The van der Waals surface area contributed by atoms with Crippen LogP contribution in [0.1, 0.15) is 19.0 Å². The molecule has 1 heterocycles. The van der Waals surface area contributed by atoms with Crippen molar-refractivity contribution in [1.29, 1.82) is 0 Å². The van der Waals surface area contributed by atoms with Gasteiger partial charge in [-0.3, -0.25) is 9.98 Å². The minimum atomic E-state index is 0.624. The van der Waals surface area contributed by atoms with Crippen LogP contribution >= 0.6 is 15.9 Å². The van der Waals surface area contributed by atoms with Crippen molar-refractivity contribution in [2.24, 2.45) is 10.8 Å². The highest BCUT2D eigenvalue weighted by atomic mass is 79.9. The van der Waals surface area contributed by atoms with Gasteiger partial charge in [-0.25, -0.2) is 5.84 Å². The van der Waals surface area contributed by atoms with Gasteiger partial charge in [0, 0.05) is 17.2 Å². The van der Waals surface area contributed by atoms with E-state index in [2.05, 4.69) is 38.3 Å². The van der Waals surface area contributed by atoms with Crippen molar-refractivity contribution in [3.63, 3.8) is 0 Å². The van der Waals surface area contributed by atoms with Gasteiger partial charge in [0.1, 0.15) is 5.69 Å². The zero-order valence-corrected chi connectivity index (χ0v) is 9.58. The normalized spacial score (nSPS) is 11.5. The number of nitrogens with two attached hydrogens (primary N) is 1. The Balaban J connectivity index is 2.84. The number of hydrogen-bond donors (Lipinski definition) is 2. The first-order valence-corrected chi connectivity index (χ1v) is 5.20. The molecule has 0 saturated carbocycles. The highest BCUT2D eigenvalue weighted by Crippen LogP contribution is 2.07. The Hall–Kier alpha value is -0.940. The fraction of sp³-hybridized carbons (Fsp3) is 0.333. The van der Waals surface area contributed by atoms with Gasteiger partial charge < -0.3 is 5.43 Å². The van der Waals surface area contributed by atoms with E-state index in [9.17, 15) is 0 Å². The summed E-state index contributed by atoms with van der Waals surface area (Å²) >= 11 is 3.32. The minimum Gasteiger partial charge on any atom is -0.307 e. The summed E-state index contributed by atoms with van der Waals surface area (Å²) in [6.07, 6.45) is 2.70. The van der Waals surface area contributed by atoms with Crippen LogP contribution in [0.3, 0.4) is 0 Å². The van der Waals surface area contributed by atoms with E-state index in [-0.39, 0.29) is 0 Å². The average molecular weight is 257 g/mol. The van der Waals surface area contributed by atoms with Crippen LogP contribution in [0.4, 0.5) is 0 Å². The number of aliphatic imine (C=N–C) groups is 1. The Labute approximate surface area is 91.7 Å².